The lowest BCUT2D eigenvalue weighted by molar-refractivity contribution is 0.167. The highest BCUT2D eigenvalue weighted by atomic mass is 35.5. The van der Waals surface area contributed by atoms with Crippen LogP contribution in [-0.4, -0.2) is 54.0 Å². The van der Waals surface area contributed by atoms with E-state index >= 15 is 0 Å². The molecule has 2 N–H and O–H groups in total. The minimum atomic E-state index is -0.476. The first-order valence-corrected chi connectivity index (χ1v) is 10.1. The van der Waals surface area contributed by atoms with Crippen molar-refractivity contribution in [3.8, 4) is 11.1 Å². The minimum absolute atomic E-state index is 0.476. The Hall–Kier alpha value is -2.55. The number of nitrogens with two attached hydrogens (primary N) is 1. The van der Waals surface area contributed by atoms with Crippen molar-refractivity contribution >= 4 is 22.9 Å². The van der Waals surface area contributed by atoms with Crippen molar-refractivity contribution in [1.82, 2.24) is 33.9 Å². The summed E-state index contributed by atoms with van der Waals surface area (Å²) in [4.78, 5) is 15.5. The van der Waals surface area contributed by atoms with Crippen LogP contribution in [0.1, 0.15) is 31.5 Å². The lowest BCUT2D eigenvalue weighted by Gasteiger charge is -2.38. The van der Waals surface area contributed by atoms with Crippen molar-refractivity contribution in [2.24, 2.45) is 5.73 Å². The average Bonchev–Trinajstić information content (AvgIpc) is 3.31. The Morgan fingerprint density at radius 2 is 1.90 bits per heavy atom. The van der Waals surface area contributed by atoms with Crippen molar-refractivity contribution in [3.05, 3.63) is 48.0 Å². The Labute approximate surface area is 173 Å². The molecule has 0 aliphatic heterocycles. The van der Waals surface area contributed by atoms with Gasteiger partial charge in [0, 0.05) is 35.8 Å². The number of nitrogens with zero attached hydrogens (tertiary/aromatic N) is 7. The SMILES string of the molecule is CN(C)C1CCC(N)(c2ncc3c(-c4cnc5ncc(Cl)n5c4)ccn3n2)CC1. The van der Waals surface area contributed by atoms with E-state index in [-0.39, 0.29) is 0 Å². The van der Waals surface area contributed by atoms with Gasteiger partial charge in [-0.15, -0.1) is 0 Å². The molecule has 4 aromatic rings. The summed E-state index contributed by atoms with van der Waals surface area (Å²) >= 11 is 6.19. The van der Waals surface area contributed by atoms with Crippen molar-refractivity contribution in [2.45, 2.75) is 37.3 Å². The van der Waals surface area contributed by atoms with Crippen LogP contribution in [-0.2, 0) is 5.54 Å². The quantitative estimate of drug-likeness (QED) is 0.558. The van der Waals surface area contributed by atoms with Gasteiger partial charge in [0.15, 0.2) is 5.82 Å². The van der Waals surface area contributed by atoms with Crippen LogP contribution in [0.25, 0.3) is 22.4 Å². The second kappa shape index (κ2) is 6.76. The van der Waals surface area contributed by atoms with E-state index in [2.05, 4.69) is 33.9 Å². The maximum absolute atomic E-state index is 6.73. The summed E-state index contributed by atoms with van der Waals surface area (Å²) in [6, 6.07) is 2.58. The number of halogens is 1. The van der Waals surface area contributed by atoms with Gasteiger partial charge < -0.3 is 10.6 Å². The molecule has 0 spiro atoms. The lowest BCUT2D eigenvalue weighted by atomic mass is 9.79. The van der Waals surface area contributed by atoms with Crippen LogP contribution in [0.5, 0.6) is 0 Å². The Morgan fingerprint density at radius 3 is 2.66 bits per heavy atom. The van der Waals surface area contributed by atoms with Crippen LogP contribution >= 0.6 is 11.6 Å². The number of imidazole rings is 1. The summed E-state index contributed by atoms with van der Waals surface area (Å²) in [6.45, 7) is 0. The van der Waals surface area contributed by atoms with E-state index < -0.39 is 5.54 Å². The fourth-order valence-corrected chi connectivity index (χ4v) is 4.39. The largest absolute Gasteiger partial charge is 0.319 e. The van der Waals surface area contributed by atoms with E-state index in [4.69, 9.17) is 22.4 Å². The predicted octanol–water partition coefficient (Wildman–Crippen LogP) is 2.75. The minimum Gasteiger partial charge on any atom is -0.319 e. The highest BCUT2D eigenvalue weighted by Gasteiger charge is 2.36. The molecule has 1 saturated carbocycles. The van der Waals surface area contributed by atoms with E-state index in [0.717, 1.165) is 42.3 Å². The van der Waals surface area contributed by atoms with E-state index in [1.165, 1.54) is 0 Å². The van der Waals surface area contributed by atoms with E-state index in [9.17, 15) is 0 Å². The van der Waals surface area contributed by atoms with Gasteiger partial charge in [-0.2, -0.15) is 5.10 Å². The van der Waals surface area contributed by atoms with E-state index in [1.54, 1.807) is 16.8 Å². The molecule has 4 heterocycles. The number of fused-ring (bicyclic) bond motifs is 2. The second-order valence-corrected chi connectivity index (χ2v) is 8.47. The molecule has 0 amide bonds. The first-order chi connectivity index (χ1) is 13.9. The average molecular weight is 411 g/mol. The van der Waals surface area contributed by atoms with Gasteiger partial charge >= 0.3 is 0 Å². The molecular formula is C20H23ClN8. The van der Waals surface area contributed by atoms with Crippen molar-refractivity contribution in [1.29, 1.82) is 0 Å². The molecule has 0 aromatic carbocycles. The molecule has 0 bridgehead atoms. The topological polar surface area (TPSA) is 89.6 Å². The third kappa shape index (κ3) is 3.08. The lowest BCUT2D eigenvalue weighted by Crippen LogP contribution is -2.46. The zero-order valence-electron chi connectivity index (χ0n) is 16.5. The van der Waals surface area contributed by atoms with Crippen LogP contribution in [0.15, 0.2) is 37.1 Å². The zero-order valence-corrected chi connectivity index (χ0v) is 17.2. The van der Waals surface area contributed by atoms with Crippen molar-refractivity contribution in [2.75, 3.05) is 14.1 Å². The van der Waals surface area contributed by atoms with Gasteiger partial charge in [-0.05, 0) is 45.8 Å². The number of aromatic nitrogens is 6. The first kappa shape index (κ1) is 18.5. The summed E-state index contributed by atoms with van der Waals surface area (Å²) in [6.07, 6.45) is 13.0. The summed E-state index contributed by atoms with van der Waals surface area (Å²) in [7, 11) is 4.25. The van der Waals surface area contributed by atoms with Gasteiger partial charge in [-0.1, -0.05) is 11.6 Å². The van der Waals surface area contributed by atoms with Crippen LogP contribution in [0.4, 0.5) is 0 Å². The number of hydrogen-bond donors (Lipinski definition) is 1. The molecule has 0 atom stereocenters. The Bertz CT molecular complexity index is 1190. The zero-order chi connectivity index (χ0) is 20.2. The standard InChI is InChI=1S/C20H23ClN8/c1-27(2)14-3-6-20(22,7-4-14)18-23-10-16-15(5-8-29(16)26-18)13-9-24-19-25-11-17(21)28(19)12-13/h5,8-12,14H,3-4,6-7,22H2,1-2H3. The van der Waals surface area contributed by atoms with Gasteiger partial charge in [0.2, 0.25) is 5.78 Å². The molecule has 1 fully saturated rings. The maximum Gasteiger partial charge on any atom is 0.234 e. The van der Waals surface area contributed by atoms with Crippen LogP contribution in [0.3, 0.4) is 0 Å². The third-order valence-corrected chi connectivity index (χ3v) is 6.35. The van der Waals surface area contributed by atoms with Gasteiger partial charge in [0.05, 0.1) is 23.4 Å². The highest BCUT2D eigenvalue weighted by Crippen LogP contribution is 2.35. The van der Waals surface area contributed by atoms with Gasteiger partial charge in [0.1, 0.15) is 5.15 Å². The summed E-state index contributed by atoms with van der Waals surface area (Å²) in [5.74, 6) is 1.27. The van der Waals surface area contributed by atoms with Crippen LogP contribution < -0.4 is 5.73 Å². The second-order valence-electron chi connectivity index (χ2n) is 8.09. The molecule has 0 unspecified atom stereocenters. The van der Waals surface area contributed by atoms with E-state index in [1.807, 2.05) is 29.2 Å². The molecule has 150 valence electrons. The molecule has 1 aliphatic carbocycles. The van der Waals surface area contributed by atoms with Crippen molar-refractivity contribution in [3.63, 3.8) is 0 Å². The predicted molar refractivity (Wildman–Crippen MR) is 112 cm³/mol. The Morgan fingerprint density at radius 1 is 1.14 bits per heavy atom. The normalized spacial score (nSPS) is 22.7. The Balaban J connectivity index is 1.49. The molecule has 1 aliphatic rings. The van der Waals surface area contributed by atoms with E-state index in [0.29, 0.717) is 22.8 Å². The fraction of sp³-hybridized carbons (Fsp3) is 0.400. The monoisotopic (exact) mass is 410 g/mol. The number of rotatable bonds is 3. The molecule has 9 heteroatoms. The molecule has 8 nitrogen and oxygen atoms in total. The first-order valence-electron chi connectivity index (χ1n) is 9.74. The van der Waals surface area contributed by atoms with Gasteiger partial charge in [0.25, 0.3) is 0 Å². The Kier molecular flexibility index (Phi) is 4.31. The van der Waals surface area contributed by atoms with Gasteiger partial charge in [-0.25, -0.2) is 19.5 Å². The van der Waals surface area contributed by atoms with Crippen LogP contribution in [0, 0.1) is 0 Å². The molecular weight excluding hydrogens is 388 g/mol. The molecule has 0 radical (unpaired) electrons. The van der Waals surface area contributed by atoms with Crippen LogP contribution in [0.2, 0.25) is 5.15 Å². The fourth-order valence-electron chi connectivity index (χ4n) is 4.21. The molecule has 4 aromatic heterocycles. The summed E-state index contributed by atoms with van der Waals surface area (Å²) in [5, 5.41) is 5.28. The number of hydrogen-bond acceptors (Lipinski definition) is 6. The molecule has 0 saturated heterocycles. The summed E-state index contributed by atoms with van der Waals surface area (Å²) in [5.41, 5.74) is 9.06. The van der Waals surface area contributed by atoms with Gasteiger partial charge in [-0.3, -0.25) is 4.40 Å². The molecule has 5 rings (SSSR count). The smallest absolute Gasteiger partial charge is 0.234 e. The van der Waals surface area contributed by atoms with Crippen molar-refractivity contribution < 1.29 is 0 Å². The maximum atomic E-state index is 6.73. The molecule has 29 heavy (non-hydrogen) atoms. The highest BCUT2D eigenvalue weighted by molar-refractivity contribution is 6.29. The summed E-state index contributed by atoms with van der Waals surface area (Å²) < 4.78 is 3.61. The third-order valence-electron chi connectivity index (χ3n) is 6.07.